The van der Waals surface area contributed by atoms with Crippen LogP contribution in [0.25, 0.3) is 0 Å². The maximum atomic E-state index is 11.8. The summed E-state index contributed by atoms with van der Waals surface area (Å²) in [5.74, 6) is 2.18. The van der Waals surface area contributed by atoms with Gasteiger partial charge in [-0.25, -0.2) is 4.99 Å². The van der Waals surface area contributed by atoms with Gasteiger partial charge in [0.2, 0.25) is 0 Å². The lowest BCUT2D eigenvalue weighted by Gasteiger charge is -2.22. The predicted molar refractivity (Wildman–Crippen MR) is 136 cm³/mol. The molecule has 0 unspecified atom stereocenters. The predicted octanol–water partition coefficient (Wildman–Crippen LogP) is 3.32. The van der Waals surface area contributed by atoms with Crippen LogP contribution in [0, 0.1) is 0 Å². The molecule has 0 radical (unpaired) electrons. The minimum absolute atomic E-state index is 0. The number of carbonyl (C=O) groups excluding carboxylic acids is 1. The summed E-state index contributed by atoms with van der Waals surface area (Å²) in [6.07, 6.45) is 0.841. The molecule has 0 aliphatic rings. The van der Waals surface area contributed by atoms with Crippen LogP contribution in [0.3, 0.4) is 0 Å². The smallest absolute Gasteiger partial charge is 0.251 e. The second-order valence-electron chi connectivity index (χ2n) is 6.81. The van der Waals surface area contributed by atoms with Crippen molar-refractivity contribution in [1.82, 2.24) is 15.5 Å². The van der Waals surface area contributed by atoms with Crippen molar-refractivity contribution in [2.24, 2.45) is 4.99 Å². The van der Waals surface area contributed by atoms with E-state index < -0.39 is 0 Å². The quantitative estimate of drug-likeness (QED) is 0.290. The monoisotopic (exact) mass is 540 g/mol. The SMILES string of the molecule is CCNC(=NCc1cccc(C(=O)NC)c1)N(C)CCc1ccc(OC)c(OC)c1.I. The fourth-order valence-corrected chi connectivity index (χ4v) is 3.03. The number of likely N-dealkylation sites (N-methyl/N-ethyl adjacent to an activating group) is 1. The van der Waals surface area contributed by atoms with E-state index in [4.69, 9.17) is 14.5 Å². The summed E-state index contributed by atoms with van der Waals surface area (Å²) in [5.41, 5.74) is 2.78. The van der Waals surface area contributed by atoms with Gasteiger partial charge in [-0.15, -0.1) is 24.0 Å². The summed E-state index contributed by atoms with van der Waals surface area (Å²) < 4.78 is 10.7. The first-order chi connectivity index (χ1) is 14.5. The van der Waals surface area contributed by atoms with Crippen molar-refractivity contribution in [2.45, 2.75) is 19.9 Å². The van der Waals surface area contributed by atoms with Crippen molar-refractivity contribution >= 4 is 35.8 Å². The van der Waals surface area contributed by atoms with Crippen LogP contribution in [0.1, 0.15) is 28.4 Å². The zero-order valence-electron chi connectivity index (χ0n) is 18.9. The van der Waals surface area contributed by atoms with Gasteiger partial charge in [-0.3, -0.25) is 4.79 Å². The summed E-state index contributed by atoms with van der Waals surface area (Å²) in [7, 11) is 6.92. The average molecular weight is 540 g/mol. The first kappa shape index (κ1) is 26.5. The van der Waals surface area contributed by atoms with E-state index in [-0.39, 0.29) is 29.9 Å². The van der Waals surface area contributed by atoms with Gasteiger partial charge in [-0.1, -0.05) is 18.2 Å². The van der Waals surface area contributed by atoms with Crippen LogP contribution >= 0.6 is 24.0 Å². The third-order valence-corrected chi connectivity index (χ3v) is 4.71. The number of nitrogens with zero attached hydrogens (tertiary/aromatic N) is 2. The summed E-state index contributed by atoms with van der Waals surface area (Å²) in [6, 6.07) is 13.5. The lowest BCUT2D eigenvalue weighted by Crippen LogP contribution is -2.39. The molecule has 8 heteroatoms. The van der Waals surface area contributed by atoms with E-state index in [1.165, 1.54) is 0 Å². The van der Waals surface area contributed by atoms with Crippen molar-refractivity contribution in [3.63, 3.8) is 0 Å². The standard InChI is InChI=1S/C23H32N4O3.HI/c1-6-25-23(26-16-18-8-7-9-19(14-18)22(28)24-2)27(3)13-12-17-10-11-20(29-4)21(15-17)30-5;/h7-11,14-15H,6,12-13,16H2,1-5H3,(H,24,28)(H,25,26);1H. The van der Waals surface area contributed by atoms with Crippen LogP contribution in [0.2, 0.25) is 0 Å². The Hall–Kier alpha value is -2.49. The molecule has 7 nitrogen and oxygen atoms in total. The molecule has 0 fully saturated rings. The minimum Gasteiger partial charge on any atom is -0.493 e. The van der Waals surface area contributed by atoms with Crippen LogP contribution in [0.15, 0.2) is 47.5 Å². The number of aliphatic imine (C=N–C) groups is 1. The van der Waals surface area contributed by atoms with Crippen LogP contribution in [-0.2, 0) is 13.0 Å². The van der Waals surface area contributed by atoms with Gasteiger partial charge in [0.05, 0.1) is 20.8 Å². The molecule has 2 aromatic rings. The summed E-state index contributed by atoms with van der Waals surface area (Å²) >= 11 is 0. The number of nitrogens with one attached hydrogen (secondary N) is 2. The molecule has 0 bridgehead atoms. The Morgan fingerprint density at radius 1 is 1.06 bits per heavy atom. The lowest BCUT2D eigenvalue weighted by molar-refractivity contribution is 0.0963. The molecule has 31 heavy (non-hydrogen) atoms. The number of carbonyl (C=O) groups is 1. The molecule has 1 amide bonds. The number of amides is 1. The van der Waals surface area contributed by atoms with Gasteiger partial charge in [0.1, 0.15) is 0 Å². The van der Waals surface area contributed by atoms with E-state index in [2.05, 4.69) is 15.5 Å². The van der Waals surface area contributed by atoms with Gasteiger partial charge >= 0.3 is 0 Å². The molecule has 0 aliphatic carbocycles. The first-order valence-electron chi connectivity index (χ1n) is 10.0. The van der Waals surface area contributed by atoms with E-state index in [0.717, 1.165) is 48.1 Å². The van der Waals surface area contributed by atoms with Crippen LogP contribution in [0.4, 0.5) is 0 Å². The van der Waals surface area contributed by atoms with E-state index in [1.807, 2.05) is 50.4 Å². The first-order valence-corrected chi connectivity index (χ1v) is 10.0. The highest BCUT2D eigenvalue weighted by Gasteiger charge is 2.09. The molecule has 0 atom stereocenters. The fourth-order valence-electron chi connectivity index (χ4n) is 3.03. The number of halogens is 1. The Bertz CT molecular complexity index is 874. The third-order valence-electron chi connectivity index (χ3n) is 4.71. The van der Waals surface area contributed by atoms with E-state index in [0.29, 0.717) is 12.1 Å². The molecule has 0 heterocycles. The summed E-state index contributed by atoms with van der Waals surface area (Å²) in [5, 5.41) is 5.98. The van der Waals surface area contributed by atoms with Crippen molar-refractivity contribution in [1.29, 1.82) is 0 Å². The fraction of sp³-hybridized carbons (Fsp3) is 0.391. The van der Waals surface area contributed by atoms with Crippen LogP contribution < -0.4 is 20.1 Å². The Morgan fingerprint density at radius 2 is 1.81 bits per heavy atom. The van der Waals surface area contributed by atoms with Gasteiger partial charge in [-0.05, 0) is 48.7 Å². The maximum Gasteiger partial charge on any atom is 0.251 e. The van der Waals surface area contributed by atoms with E-state index in [1.54, 1.807) is 27.3 Å². The molecule has 0 aliphatic heterocycles. The van der Waals surface area contributed by atoms with Gasteiger partial charge < -0.3 is 25.0 Å². The Morgan fingerprint density at radius 3 is 2.45 bits per heavy atom. The van der Waals surface area contributed by atoms with Crippen LogP contribution in [0.5, 0.6) is 11.5 Å². The van der Waals surface area contributed by atoms with Crippen LogP contribution in [-0.4, -0.2) is 58.2 Å². The second kappa shape index (κ2) is 13.7. The molecule has 0 spiro atoms. The lowest BCUT2D eigenvalue weighted by atomic mass is 10.1. The molecule has 2 N–H and O–H groups in total. The van der Waals surface area contributed by atoms with Crippen molar-refractivity contribution in [3.8, 4) is 11.5 Å². The molecule has 170 valence electrons. The summed E-state index contributed by atoms with van der Waals surface area (Å²) in [6.45, 7) is 4.11. The molecular formula is C23H33IN4O3. The Kier molecular flexibility index (Phi) is 11.8. The van der Waals surface area contributed by atoms with Crippen molar-refractivity contribution < 1.29 is 14.3 Å². The number of benzene rings is 2. The molecular weight excluding hydrogens is 507 g/mol. The number of rotatable bonds is 9. The second-order valence-corrected chi connectivity index (χ2v) is 6.81. The highest BCUT2D eigenvalue weighted by molar-refractivity contribution is 14.0. The highest BCUT2D eigenvalue weighted by atomic mass is 127. The van der Waals surface area contributed by atoms with Gasteiger partial charge in [0, 0.05) is 32.7 Å². The van der Waals surface area contributed by atoms with E-state index in [9.17, 15) is 4.79 Å². The molecule has 2 aromatic carbocycles. The minimum atomic E-state index is -0.0974. The number of ether oxygens (including phenoxy) is 2. The number of hydrogen-bond donors (Lipinski definition) is 2. The highest BCUT2D eigenvalue weighted by Crippen LogP contribution is 2.27. The van der Waals surface area contributed by atoms with Gasteiger partial charge in [0.25, 0.3) is 5.91 Å². The van der Waals surface area contributed by atoms with Gasteiger partial charge in [-0.2, -0.15) is 0 Å². The van der Waals surface area contributed by atoms with Crippen molar-refractivity contribution in [2.75, 3.05) is 41.4 Å². The Balaban J connectivity index is 0.00000480. The zero-order valence-corrected chi connectivity index (χ0v) is 21.2. The number of guanidine groups is 1. The maximum absolute atomic E-state index is 11.8. The normalized spacial score (nSPS) is 10.7. The largest absolute Gasteiger partial charge is 0.493 e. The van der Waals surface area contributed by atoms with E-state index >= 15 is 0 Å². The average Bonchev–Trinajstić information content (AvgIpc) is 2.79. The van der Waals surface area contributed by atoms with Crippen molar-refractivity contribution in [3.05, 3.63) is 59.2 Å². The number of methoxy groups -OCH3 is 2. The summed E-state index contributed by atoms with van der Waals surface area (Å²) in [4.78, 5) is 18.7. The molecule has 0 aromatic heterocycles. The topological polar surface area (TPSA) is 75.2 Å². The molecule has 0 saturated heterocycles. The molecule has 2 rings (SSSR count). The zero-order chi connectivity index (χ0) is 21.9. The third kappa shape index (κ3) is 7.93. The van der Waals surface area contributed by atoms with Gasteiger partial charge in [0.15, 0.2) is 17.5 Å². The molecule has 0 saturated carbocycles. The number of hydrogen-bond acceptors (Lipinski definition) is 4. The Labute approximate surface area is 202 Å².